The van der Waals surface area contributed by atoms with E-state index in [0.29, 0.717) is 8.81 Å². The SMILES string of the molecule is NC(=O)[C@@H](Sc1nncs1)c1ccc(Br)cc1F. The number of hydrogen-bond acceptors (Lipinski definition) is 5. The normalized spacial score (nSPS) is 12.3. The van der Waals surface area contributed by atoms with Crippen molar-refractivity contribution in [1.82, 2.24) is 10.2 Å². The lowest BCUT2D eigenvalue weighted by Gasteiger charge is -2.12. The third-order valence-electron chi connectivity index (χ3n) is 2.06. The van der Waals surface area contributed by atoms with Crippen molar-refractivity contribution in [2.45, 2.75) is 9.59 Å². The van der Waals surface area contributed by atoms with E-state index in [4.69, 9.17) is 5.73 Å². The number of thioether (sulfide) groups is 1. The number of carbonyl (C=O) groups is 1. The molecule has 1 amide bonds. The Morgan fingerprint density at radius 3 is 2.89 bits per heavy atom. The van der Waals surface area contributed by atoms with Crippen molar-refractivity contribution in [1.29, 1.82) is 0 Å². The Morgan fingerprint density at radius 1 is 1.56 bits per heavy atom. The molecule has 0 saturated carbocycles. The number of amides is 1. The average Bonchev–Trinajstić information content (AvgIpc) is 2.79. The van der Waals surface area contributed by atoms with E-state index in [1.807, 2.05) is 0 Å². The molecule has 0 bridgehead atoms. The summed E-state index contributed by atoms with van der Waals surface area (Å²) < 4.78 is 15.0. The third-order valence-corrected chi connectivity index (χ3v) is 4.62. The van der Waals surface area contributed by atoms with Crippen molar-refractivity contribution in [3.63, 3.8) is 0 Å². The Kier molecular flexibility index (Phi) is 4.31. The lowest BCUT2D eigenvalue weighted by molar-refractivity contribution is -0.117. The number of hydrogen-bond donors (Lipinski definition) is 1. The van der Waals surface area contributed by atoms with Gasteiger partial charge in [0, 0.05) is 10.0 Å². The molecule has 1 atom stereocenters. The van der Waals surface area contributed by atoms with Gasteiger partial charge in [-0.25, -0.2) is 4.39 Å². The van der Waals surface area contributed by atoms with E-state index < -0.39 is 17.0 Å². The van der Waals surface area contributed by atoms with Crippen LogP contribution in [0, 0.1) is 5.82 Å². The van der Waals surface area contributed by atoms with Crippen LogP contribution in [0.1, 0.15) is 10.8 Å². The second-order valence-corrected chi connectivity index (χ2v) is 6.37. The molecule has 4 nitrogen and oxygen atoms in total. The molecule has 0 aliphatic rings. The number of aromatic nitrogens is 2. The first-order valence-corrected chi connectivity index (χ1v) is 7.30. The number of nitrogens with zero attached hydrogens (tertiary/aromatic N) is 2. The zero-order chi connectivity index (χ0) is 13.1. The van der Waals surface area contributed by atoms with Crippen LogP contribution in [0.3, 0.4) is 0 Å². The summed E-state index contributed by atoms with van der Waals surface area (Å²) in [5.41, 5.74) is 7.09. The highest BCUT2D eigenvalue weighted by Gasteiger charge is 2.24. The van der Waals surface area contributed by atoms with Crippen LogP contribution in [0.4, 0.5) is 4.39 Å². The minimum absolute atomic E-state index is 0.242. The van der Waals surface area contributed by atoms with E-state index in [1.165, 1.54) is 23.5 Å². The van der Waals surface area contributed by atoms with Gasteiger partial charge in [0.05, 0.1) is 0 Å². The molecule has 0 aliphatic carbocycles. The molecule has 0 saturated heterocycles. The van der Waals surface area contributed by atoms with Gasteiger partial charge in [0.15, 0.2) is 4.34 Å². The van der Waals surface area contributed by atoms with E-state index in [-0.39, 0.29) is 5.56 Å². The number of nitrogens with two attached hydrogens (primary N) is 1. The Bertz CT molecular complexity index is 564. The van der Waals surface area contributed by atoms with Crippen molar-refractivity contribution in [3.05, 3.63) is 39.6 Å². The molecule has 1 heterocycles. The minimum atomic E-state index is -0.814. The van der Waals surface area contributed by atoms with Crippen LogP contribution < -0.4 is 5.73 Å². The highest BCUT2D eigenvalue weighted by molar-refractivity contribution is 9.10. The summed E-state index contributed by atoms with van der Waals surface area (Å²) in [7, 11) is 0. The molecule has 0 aliphatic heterocycles. The van der Waals surface area contributed by atoms with Gasteiger partial charge in [0.2, 0.25) is 5.91 Å². The maximum Gasteiger partial charge on any atom is 0.235 e. The lowest BCUT2D eigenvalue weighted by Crippen LogP contribution is -2.19. The van der Waals surface area contributed by atoms with Crippen molar-refractivity contribution in [2.75, 3.05) is 0 Å². The summed E-state index contributed by atoms with van der Waals surface area (Å²) in [6, 6.07) is 4.49. The minimum Gasteiger partial charge on any atom is -0.368 e. The first kappa shape index (κ1) is 13.4. The van der Waals surface area contributed by atoms with E-state index in [2.05, 4.69) is 26.1 Å². The number of carbonyl (C=O) groups excluding carboxylic acids is 1. The standard InChI is InChI=1S/C10H7BrFN3OS2/c11-5-1-2-6(7(12)3-5)8(9(13)16)18-10-15-14-4-17-10/h1-4,8H,(H2,13,16)/t8-/m0/s1. The summed E-state index contributed by atoms with van der Waals surface area (Å²) >= 11 is 5.53. The Balaban J connectivity index is 2.32. The zero-order valence-electron chi connectivity index (χ0n) is 8.84. The van der Waals surface area contributed by atoms with Gasteiger partial charge in [-0.15, -0.1) is 10.2 Å². The van der Waals surface area contributed by atoms with Gasteiger partial charge in [0.25, 0.3) is 0 Å². The molecule has 0 radical (unpaired) electrons. The molecule has 0 fully saturated rings. The van der Waals surface area contributed by atoms with Crippen LogP contribution in [-0.4, -0.2) is 16.1 Å². The fourth-order valence-electron chi connectivity index (χ4n) is 1.30. The van der Waals surface area contributed by atoms with Crippen LogP contribution in [0.25, 0.3) is 0 Å². The fraction of sp³-hybridized carbons (Fsp3) is 0.100. The summed E-state index contributed by atoms with van der Waals surface area (Å²) in [6.45, 7) is 0. The molecule has 18 heavy (non-hydrogen) atoms. The predicted octanol–water partition coefficient (Wildman–Crippen LogP) is 2.76. The summed E-state index contributed by atoms with van der Waals surface area (Å²) in [5, 5.41) is 6.65. The van der Waals surface area contributed by atoms with Gasteiger partial charge in [-0.1, -0.05) is 45.1 Å². The summed E-state index contributed by atoms with van der Waals surface area (Å²) in [5.74, 6) is -1.10. The molecule has 1 aromatic carbocycles. The van der Waals surface area contributed by atoms with Crippen molar-refractivity contribution in [3.8, 4) is 0 Å². The van der Waals surface area contributed by atoms with Crippen molar-refractivity contribution >= 4 is 44.9 Å². The van der Waals surface area contributed by atoms with E-state index >= 15 is 0 Å². The molecule has 2 aromatic rings. The number of halogens is 2. The van der Waals surface area contributed by atoms with Gasteiger partial charge >= 0.3 is 0 Å². The maximum atomic E-state index is 13.8. The average molecular weight is 348 g/mol. The van der Waals surface area contributed by atoms with Gasteiger partial charge in [-0.3, -0.25) is 4.79 Å². The van der Waals surface area contributed by atoms with E-state index in [0.717, 1.165) is 11.8 Å². The molecule has 2 rings (SSSR count). The molecular formula is C10H7BrFN3OS2. The Hall–Kier alpha value is -0.990. The maximum absolute atomic E-state index is 13.8. The molecule has 1 aromatic heterocycles. The van der Waals surface area contributed by atoms with Crippen molar-refractivity contribution < 1.29 is 9.18 Å². The molecule has 2 N–H and O–H groups in total. The van der Waals surface area contributed by atoms with E-state index in [1.54, 1.807) is 11.6 Å². The lowest BCUT2D eigenvalue weighted by atomic mass is 10.1. The van der Waals surface area contributed by atoms with Crippen LogP contribution in [0.15, 0.2) is 32.5 Å². The summed E-state index contributed by atoms with van der Waals surface area (Å²) in [4.78, 5) is 11.4. The Labute approximate surface area is 119 Å². The molecular weight excluding hydrogens is 341 g/mol. The molecule has 0 spiro atoms. The van der Waals surface area contributed by atoms with Crippen LogP contribution in [-0.2, 0) is 4.79 Å². The highest BCUT2D eigenvalue weighted by atomic mass is 79.9. The first-order valence-electron chi connectivity index (χ1n) is 4.75. The van der Waals surface area contributed by atoms with Crippen LogP contribution >= 0.6 is 39.0 Å². The topological polar surface area (TPSA) is 68.9 Å². The number of rotatable bonds is 4. The van der Waals surface area contributed by atoms with E-state index in [9.17, 15) is 9.18 Å². The smallest absolute Gasteiger partial charge is 0.235 e. The molecule has 0 unspecified atom stereocenters. The Morgan fingerprint density at radius 2 is 2.33 bits per heavy atom. The van der Waals surface area contributed by atoms with Gasteiger partial charge in [-0.2, -0.15) is 0 Å². The molecule has 94 valence electrons. The van der Waals surface area contributed by atoms with Gasteiger partial charge in [0.1, 0.15) is 16.6 Å². The number of primary amides is 1. The van der Waals surface area contributed by atoms with Crippen LogP contribution in [0.2, 0.25) is 0 Å². The third kappa shape index (κ3) is 3.06. The first-order chi connectivity index (χ1) is 8.58. The van der Waals surface area contributed by atoms with Crippen LogP contribution in [0.5, 0.6) is 0 Å². The summed E-state index contributed by atoms with van der Waals surface area (Å²) in [6.07, 6.45) is 0. The van der Waals surface area contributed by atoms with Crippen molar-refractivity contribution in [2.24, 2.45) is 5.73 Å². The monoisotopic (exact) mass is 347 g/mol. The fourth-order valence-corrected chi connectivity index (χ4v) is 3.29. The second kappa shape index (κ2) is 5.77. The largest absolute Gasteiger partial charge is 0.368 e. The van der Waals surface area contributed by atoms with Gasteiger partial charge < -0.3 is 5.73 Å². The van der Waals surface area contributed by atoms with Gasteiger partial charge in [-0.05, 0) is 12.1 Å². The number of benzene rings is 1. The second-order valence-electron chi connectivity index (χ2n) is 3.27. The predicted molar refractivity (Wildman–Crippen MR) is 71.8 cm³/mol. The quantitative estimate of drug-likeness (QED) is 0.863. The highest BCUT2D eigenvalue weighted by Crippen LogP contribution is 2.37. The molecule has 8 heteroatoms. The zero-order valence-corrected chi connectivity index (χ0v) is 12.1.